The van der Waals surface area contributed by atoms with Crippen molar-refractivity contribution in [3.8, 4) is 0 Å². The average Bonchev–Trinajstić information content (AvgIpc) is 2.85. The first kappa shape index (κ1) is 18.6. The number of hydrogen-bond donors (Lipinski definition) is 0. The molecule has 26 heavy (non-hydrogen) atoms. The Balaban J connectivity index is 1.90. The normalized spacial score (nSPS) is 22.3. The van der Waals surface area contributed by atoms with Gasteiger partial charge < -0.3 is 9.64 Å². The highest BCUT2D eigenvalue weighted by Gasteiger charge is 2.36. The number of amidine groups is 1. The average molecular weight is 380 g/mol. The van der Waals surface area contributed by atoms with Gasteiger partial charge in [0.2, 0.25) is 0 Å². The predicted octanol–water partition coefficient (Wildman–Crippen LogP) is 2.57. The maximum atomic E-state index is 13.2. The Morgan fingerprint density at radius 2 is 2.04 bits per heavy atom. The van der Waals surface area contributed by atoms with Gasteiger partial charge in [-0.05, 0) is 44.4 Å². The predicted molar refractivity (Wildman–Crippen MR) is 96.3 cm³/mol. The van der Waals surface area contributed by atoms with Crippen LogP contribution in [0, 0.1) is 11.7 Å². The first-order chi connectivity index (χ1) is 12.3. The van der Waals surface area contributed by atoms with E-state index in [4.69, 9.17) is 4.74 Å². The molecule has 0 amide bonds. The molecular formula is C18H21FN2O4S. The van der Waals surface area contributed by atoms with Crippen molar-refractivity contribution >= 4 is 26.7 Å². The second kappa shape index (κ2) is 7.19. The number of carbonyl (C=O) groups excluding carboxylic acids is 1. The molecule has 0 N–H and O–H groups in total. The molecule has 6 nitrogen and oxygen atoms in total. The van der Waals surface area contributed by atoms with E-state index in [1.54, 1.807) is 13.8 Å². The molecule has 0 spiro atoms. The Morgan fingerprint density at radius 3 is 2.69 bits per heavy atom. The summed E-state index contributed by atoms with van der Waals surface area (Å²) in [4.78, 5) is 13.9. The number of rotatable bonds is 3. The lowest BCUT2D eigenvalue weighted by Gasteiger charge is -2.33. The second-order valence-electron chi connectivity index (χ2n) is 6.39. The number of halogens is 1. The third-order valence-electron chi connectivity index (χ3n) is 4.59. The molecule has 1 fully saturated rings. The molecule has 0 aromatic heterocycles. The summed E-state index contributed by atoms with van der Waals surface area (Å²) in [6.45, 7) is 4.77. The molecule has 2 aliphatic rings. The van der Waals surface area contributed by atoms with Gasteiger partial charge in [-0.3, -0.25) is 4.79 Å². The van der Waals surface area contributed by atoms with Crippen molar-refractivity contribution in [1.29, 1.82) is 0 Å². The van der Waals surface area contributed by atoms with E-state index < -0.39 is 15.8 Å². The number of carbonyl (C=O) groups is 1. The van der Waals surface area contributed by atoms with Crippen molar-refractivity contribution in [1.82, 2.24) is 4.90 Å². The Hall–Kier alpha value is -2.22. The largest absolute Gasteiger partial charge is 0.466 e. The van der Waals surface area contributed by atoms with E-state index in [-0.39, 0.29) is 16.8 Å². The molecule has 0 unspecified atom stereocenters. The van der Waals surface area contributed by atoms with Crippen molar-refractivity contribution in [3.05, 3.63) is 41.2 Å². The second-order valence-corrected chi connectivity index (χ2v) is 7.93. The molecule has 1 saturated heterocycles. The van der Waals surface area contributed by atoms with Crippen LogP contribution >= 0.6 is 0 Å². The molecular weight excluding hydrogens is 359 g/mol. The summed E-state index contributed by atoms with van der Waals surface area (Å²) in [5.41, 5.74) is 0.919. The summed E-state index contributed by atoms with van der Waals surface area (Å²) in [7, 11) is -3.86. The van der Waals surface area contributed by atoms with Crippen LogP contribution in [0.3, 0.4) is 0 Å². The van der Waals surface area contributed by atoms with Crippen LogP contribution in [-0.4, -0.2) is 44.8 Å². The molecule has 1 aromatic rings. The summed E-state index contributed by atoms with van der Waals surface area (Å²) in [6, 6.07) is 5.31. The van der Waals surface area contributed by atoms with Gasteiger partial charge in [0, 0.05) is 18.7 Å². The number of piperidine rings is 1. The smallest absolute Gasteiger partial charge is 0.310 e. The number of likely N-dealkylation sites (tertiary alicyclic amines) is 1. The lowest BCUT2D eigenvalue weighted by Crippen LogP contribution is -2.42. The Kier molecular flexibility index (Phi) is 5.13. The van der Waals surface area contributed by atoms with Crippen LogP contribution in [0.4, 0.5) is 4.39 Å². The maximum absolute atomic E-state index is 13.2. The molecule has 2 aliphatic heterocycles. The van der Waals surface area contributed by atoms with Crippen LogP contribution < -0.4 is 0 Å². The van der Waals surface area contributed by atoms with Gasteiger partial charge in [0.1, 0.15) is 16.6 Å². The first-order valence-corrected chi connectivity index (χ1v) is 10.0. The standard InChI is InChI=1S/C18H21FN2O4S/c1-3-25-18(22)14-5-4-10-21(11-14)17-12(2)16(26(23,24)20-17)13-6-8-15(19)9-7-13/h6-9,14H,3-5,10-11H2,1-2H3/t14-/m0/s1. The van der Waals surface area contributed by atoms with E-state index in [0.29, 0.717) is 43.1 Å². The van der Waals surface area contributed by atoms with E-state index >= 15 is 0 Å². The van der Waals surface area contributed by atoms with E-state index in [2.05, 4.69) is 4.40 Å². The lowest BCUT2D eigenvalue weighted by molar-refractivity contribution is -0.149. The van der Waals surface area contributed by atoms with Crippen LogP contribution in [0.5, 0.6) is 0 Å². The molecule has 2 heterocycles. The minimum atomic E-state index is -3.86. The molecule has 0 bridgehead atoms. The van der Waals surface area contributed by atoms with Gasteiger partial charge >= 0.3 is 5.97 Å². The van der Waals surface area contributed by atoms with E-state index in [1.165, 1.54) is 24.3 Å². The van der Waals surface area contributed by atoms with E-state index in [9.17, 15) is 17.6 Å². The van der Waals surface area contributed by atoms with Gasteiger partial charge in [0.25, 0.3) is 10.0 Å². The van der Waals surface area contributed by atoms with Gasteiger partial charge in [-0.25, -0.2) is 4.39 Å². The van der Waals surface area contributed by atoms with Crippen molar-refractivity contribution in [2.45, 2.75) is 26.7 Å². The zero-order valence-corrected chi connectivity index (χ0v) is 15.6. The quantitative estimate of drug-likeness (QED) is 0.754. The Bertz CT molecular complexity index is 875. The number of sulfonamides is 1. The highest BCUT2D eigenvalue weighted by Crippen LogP contribution is 2.34. The van der Waals surface area contributed by atoms with E-state index in [0.717, 1.165) is 6.42 Å². The molecule has 8 heteroatoms. The summed E-state index contributed by atoms with van der Waals surface area (Å²) >= 11 is 0. The Morgan fingerprint density at radius 1 is 1.35 bits per heavy atom. The fourth-order valence-corrected chi connectivity index (χ4v) is 4.89. The van der Waals surface area contributed by atoms with Crippen LogP contribution in [0.1, 0.15) is 32.3 Å². The van der Waals surface area contributed by atoms with Crippen LogP contribution in [0.25, 0.3) is 4.91 Å². The van der Waals surface area contributed by atoms with Crippen LogP contribution in [0.2, 0.25) is 0 Å². The van der Waals surface area contributed by atoms with Crippen molar-refractivity contribution in [3.63, 3.8) is 0 Å². The Labute approximate surface area is 152 Å². The molecule has 1 atom stereocenters. The minimum Gasteiger partial charge on any atom is -0.466 e. The SMILES string of the molecule is CCOC(=O)[C@H]1CCCN(C2=NS(=O)(=O)C(c3ccc(F)cc3)=C2C)C1. The number of hydrogen-bond acceptors (Lipinski definition) is 5. The molecule has 0 aliphatic carbocycles. The monoisotopic (exact) mass is 380 g/mol. The number of esters is 1. The molecule has 0 radical (unpaired) electrons. The van der Waals surface area contributed by atoms with E-state index in [1.807, 2.05) is 4.90 Å². The number of nitrogens with zero attached hydrogens (tertiary/aromatic N) is 2. The van der Waals surface area contributed by atoms with Gasteiger partial charge in [-0.1, -0.05) is 12.1 Å². The summed E-state index contributed by atoms with van der Waals surface area (Å²) in [5.74, 6) is -0.633. The maximum Gasteiger partial charge on any atom is 0.310 e. The van der Waals surface area contributed by atoms with Crippen molar-refractivity contribution in [2.24, 2.45) is 10.3 Å². The van der Waals surface area contributed by atoms with Crippen LogP contribution in [-0.2, 0) is 19.6 Å². The minimum absolute atomic E-state index is 0.0887. The van der Waals surface area contributed by atoms with Gasteiger partial charge in [-0.2, -0.15) is 8.42 Å². The highest BCUT2D eigenvalue weighted by atomic mass is 32.2. The molecule has 0 saturated carbocycles. The number of ether oxygens (including phenoxy) is 1. The fraction of sp³-hybridized carbons (Fsp3) is 0.444. The topological polar surface area (TPSA) is 76.0 Å². The summed E-state index contributed by atoms with van der Waals surface area (Å²) in [6.07, 6.45) is 1.46. The third kappa shape index (κ3) is 3.51. The highest BCUT2D eigenvalue weighted by molar-refractivity contribution is 8.00. The number of benzene rings is 1. The third-order valence-corrected chi connectivity index (χ3v) is 6.06. The summed E-state index contributed by atoms with van der Waals surface area (Å²) < 4.78 is 47.3. The van der Waals surface area contributed by atoms with Gasteiger partial charge in [-0.15, -0.1) is 4.40 Å². The fourth-order valence-electron chi connectivity index (χ4n) is 3.41. The molecule has 3 rings (SSSR count). The van der Waals surface area contributed by atoms with Crippen molar-refractivity contribution < 1.29 is 22.3 Å². The lowest BCUT2D eigenvalue weighted by atomic mass is 9.97. The summed E-state index contributed by atoms with van der Waals surface area (Å²) in [5, 5.41) is 0. The molecule has 140 valence electrons. The zero-order chi connectivity index (χ0) is 18.9. The molecule has 1 aromatic carbocycles. The van der Waals surface area contributed by atoms with Gasteiger partial charge in [0.05, 0.1) is 12.5 Å². The first-order valence-electron chi connectivity index (χ1n) is 8.57. The van der Waals surface area contributed by atoms with Gasteiger partial charge in [0.15, 0.2) is 0 Å². The van der Waals surface area contributed by atoms with Crippen molar-refractivity contribution in [2.75, 3.05) is 19.7 Å². The van der Waals surface area contributed by atoms with Crippen LogP contribution in [0.15, 0.2) is 34.2 Å². The zero-order valence-electron chi connectivity index (χ0n) is 14.7.